The van der Waals surface area contributed by atoms with Gasteiger partial charge in [0.15, 0.2) is 5.65 Å². The van der Waals surface area contributed by atoms with Crippen molar-refractivity contribution < 1.29 is 24.6 Å². The Kier molecular flexibility index (Phi) is 17.7. The topological polar surface area (TPSA) is 326 Å². The number of H-pyrrole nitrogens is 2. The highest BCUT2D eigenvalue weighted by atomic mass is 35.5. The average molecular weight is 968 g/mol. The monoisotopic (exact) mass is 964 g/mol. The van der Waals surface area contributed by atoms with Gasteiger partial charge in [-0.15, -0.1) is 0 Å². The van der Waals surface area contributed by atoms with Crippen LogP contribution in [0, 0.1) is 0 Å². The van der Waals surface area contributed by atoms with E-state index in [2.05, 4.69) is 44.9 Å². The van der Waals surface area contributed by atoms with Crippen LogP contribution in [0.3, 0.4) is 0 Å². The van der Waals surface area contributed by atoms with Gasteiger partial charge in [0, 0.05) is 0 Å². The van der Waals surface area contributed by atoms with Gasteiger partial charge in [-0.1, -0.05) is 81.2 Å². The van der Waals surface area contributed by atoms with Crippen LogP contribution in [-0.2, 0) is 0 Å². The number of nitrogens with one attached hydrogen (secondary N) is 2. The van der Waals surface area contributed by atoms with Gasteiger partial charge in [-0.2, -0.15) is 4.98 Å². The zero-order valence-electron chi connectivity index (χ0n) is 28.6. The number of aromatic amines is 2. The standard InChI is InChI=1S/C7H2Cl3N3.C7H4ClN3O2.C6H3Cl2NO2.C6H6ClN3O.C6H5ClN2O2/c8-4-2-1-3-5(9)12-7(10)13-6(3)11-4;8-4-2-1-3-5(9-4)10-7(13)11-6(3)12;7-4-2-1-3(6(10)11)5(8)9-4;7-4-2-1-3(6(9)11)5(8)10-4;7-4-2-1-3(6(10)11)5(8)9-4/h1-2H;1-2H,(H2,9,10,11,12,13);1-2H,(H,10,11);1-2H,(H2,8,10)(H2,9,11);1-2H,(H2,8,9)(H,10,11). The van der Waals surface area contributed by atoms with Gasteiger partial charge in [0.25, 0.3) is 11.5 Å². The average Bonchev–Trinajstić information content (AvgIpc) is 3.11. The molecule has 0 fully saturated rings. The highest BCUT2D eigenvalue weighted by Crippen LogP contribution is 2.22. The van der Waals surface area contributed by atoms with Gasteiger partial charge in [-0.25, -0.2) is 44.3 Å². The van der Waals surface area contributed by atoms with Crippen LogP contribution in [0.1, 0.15) is 31.1 Å². The SMILES string of the molecule is Clc1ccc2c(Cl)nc(Cl)nc2n1.NC(=O)c1ccc(Cl)nc1N.Nc1nc(Cl)ccc1C(=O)O.O=C(O)c1ccc(Cl)nc1Cl.O=c1[nH]c(=O)c2ccc(Cl)nc2[nH]1. The van der Waals surface area contributed by atoms with E-state index in [0.717, 1.165) is 0 Å². The second-order valence-electron chi connectivity index (χ2n) is 10.3. The van der Waals surface area contributed by atoms with Gasteiger partial charge in [-0.05, 0) is 72.3 Å². The van der Waals surface area contributed by atoms with Gasteiger partial charge in [0.1, 0.15) is 58.9 Å². The molecule has 0 saturated carbocycles. The molecule has 0 aliphatic carbocycles. The number of carbonyl (C=O) groups is 3. The van der Waals surface area contributed by atoms with Gasteiger partial charge in [-0.3, -0.25) is 19.6 Å². The van der Waals surface area contributed by atoms with Crippen molar-refractivity contribution in [2.75, 3.05) is 11.5 Å². The van der Waals surface area contributed by atoms with E-state index in [9.17, 15) is 24.0 Å². The first kappa shape index (κ1) is 47.7. The molecule has 0 aromatic carbocycles. The van der Waals surface area contributed by atoms with Crippen LogP contribution in [0.5, 0.6) is 0 Å². The number of carboxylic acid groups (broad SMARTS) is 2. The van der Waals surface area contributed by atoms with Crippen molar-refractivity contribution in [2.24, 2.45) is 5.73 Å². The summed E-state index contributed by atoms with van der Waals surface area (Å²) in [5, 5.41) is 19.4. The van der Waals surface area contributed by atoms with Crippen LogP contribution in [-0.4, -0.2) is 72.9 Å². The Labute approximate surface area is 368 Å². The fourth-order valence-corrected chi connectivity index (χ4v) is 5.27. The molecule has 0 atom stereocenters. The van der Waals surface area contributed by atoms with E-state index in [1.54, 1.807) is 12.1 Å². The number of nitrogen functional groups attached to an aromatic ring is 2. The number of aromatic nitrogens is 9. The number of hydrogen-bond acceptors (Lipinski definition) is 14. The molecule has 19 nitrogen and oxygen atoms in total. The number of pyridine rings is 5. The predicted octanol–water partition coefficient (Wildman–Crippen LogP) is 6.77. The molecule has 306 valence electrons. The van der Waals surface area contributed by atoms with Gasteiger partial charge in [0.2, 0.25) is 5.28 Å². The summed E-state index contributed by atoms with van der Waals surface area (Å²) in [4.78, 5) is 83.9. The van der Waals surface area contributed by atoms with E-state index in [4.69, 9.17) is 120 Å². The normalized spacial score (nSPS) is 10.0. The van der Waals surface area contributed by atoms with E-state index < -0.39 is 29.1 Å². The fourth-order valence-electron chi connectivity index (χ4n) is 3.81. The Bertz CT molecular complexity index is 2660. The van der Waals surface area contributed by atoms with Crippen molar-refractivity contribution in [1.82, 2.24) is 44.9 Å². The van der Waals surface area contributed by atoms with E-state index in [1.165, 1.54) is 48.5 Å². The Morgan fingerprint density at radius 2 is 0.966 bits per heavy atom. The second-order valence-corrected chi connectivity index (χ2v) is 13.3. The van der Waals surface area contributed by atoms with E-state index in [1.807, 2.05) is 0 Å². The van der Waals surface area contributed by atoms with Crippen molar-refractivity contribution in [3.8, 4) is 0 Å². The number of primary amides is 1. The predicted molar refractivity (Wildman–Crippen MR) is 224 cm³/mol. The van der Waals surface area contributed by atoms with Crippen molar-refractivity contribution in [2.45, 2.75) is 0 Å². The minimum atomic E-state index is -1.11. The van der Waals surface area contributed by atoms with E-state index in [0.29, 0.717) is 21.6 Å². The lowest BCUT2D eigenvalue weighted by Gasteiger charge is -1.98. The van der Waals surface area contributed by atoms with Crippen LogP contribution < -0.4 is 28.5 Å². The molecule has 7 heterocycles. The summed E-state index contributed by atoms with van der Waals surface area (Å²) in [6.07, 6.45) is 0. The van der Waals surface area contributed by atoms with Crippen molar-refractivity contribution in [3.63, 3.8) is 0 Å². The maximum atomic E-state index is 11.2. The number of rotatable bonds is 3. The van der Waals surface area contributed by atoms with Crippen molar-refractivity contribution in [3.05, 3.63) is 140 Å². The Hall–Kier alpha value is -5.64. The fraction of sp³-hybridized carbons (Fsp3) is 0. The summed E-state index contributed by atoms with van der Waals surface area (Å²) < 4.78 is 0. The molecule has 0 aliphatic rings. The van der Waals surface area contributed by atoms with Crippen LogP contribution in [0.2, 0.25) is 41.4 Å². The molecule has 0 aliphatic heterocycles. The van der Waals surface area contributed by atoms with Gasteiger partial charge >= 0.3 is 17.6 Å². The van der Waals surface area contributed by atoms with Gasteiger partial charge in [0.05, 0.1) is 21.9 Å². The number of nitrogens with two attached hydrogens (primary N) is 3. The third-order valence-electron chi connectivity index (χ3n) is 6.34. The summed E-state index contributed by atoms with van der Waals surface area (Å²) in [5.41, 5.74) is 15.2. The molecule has 0 bridgehead atoms. The number of amides is 1. The van der Waals surface area contributed by atoms with Crippen LogP contribution in [0.15, 0.2) is 70.3 Å². The maximum Gasteiger partial charge on any atom is 0.339 e. The molecule has 0 radical (unpaired) electrons. The van der Waals surface area contributed by atoms with E-state index >= 15 is 0 Å². The zero-order valence-corrected chi connectivity index (χ0v) is 34.6. The molecule has 27 heteroatoms. The first-order chi connectivity index (χ1) is 27.7. The third-order valence-corrected chi connectivity index (χ3v) is 8.14. The van der Waals surface area contributed by atoms with Crippen LogP contribution in [0.4, 0.5) is 11.6 Å². The molecule has 59 heavy (non-hydrogen) atoms. The molecule has 0 saturated heterocycles. The minimum absolute atomic E-state index is 0.0330. The Morgan fingerprint density at radius 1 is 0.508 bits per heavy atom. The smallest absolute Gasteiger partial charge is 0.339 e. The number of anilines is 2. The summed E-state index contributed by atoms with van der Waals surface area (Å²) in [6, 6.07) is 14.6. The van der Waals surface area contributed by atoms with Gasteiger partial charge < -0.3 is 27.4 Å². The largest absolute Gasteiger partial charge is 0.478 e. The quantitative estimate of drug-likeness (QED) is 0.0546. The first-order valence-electron chi connectivity index (χ1n) is 15.0. The molecule has 0 unspecified atom stereocenters. The lowest BCUT2D eigenvalue weighted by atomic mass is 10.2. The molecule has 10 N–H and O–H groups in total. The zero-order chi connectivity index (χ0) is 44.1. The summed E-state index contributed by atoms with van der Waals surface area (Å²) in [7, 11) is 0. The Balaban J connectivity index is 0.000000198. The van der Waals surface area contributed by atoms with E-state index in [-0.39, 0.29) is 70.2 Å². The van der Waals surface area contributed by atoms with Crippen LogP contribution in [0.25, 0.3) is 22.1 Å². The molecular weight excluding hydrogens is 948 g/mol. The second kappa shape index (κ2) is 21.9. The number of carboxylic acids is 2. The molecule has 7 aromatic heterocycles. The highest BCUT2D eigenvalue weighted by Gasteiger charge is 2.10. The van der Waals surface area contributed by atoms with Crippen LogP contribution >= 0.6 is 92.8 Å². The third kappa shape index (κ3) is 14.6. The number of hydrogen-bond donors (Lipinski definition) is 7. The number of halogens is 8. The van der Waals surface area contributed by atoms with Crippen molar-refractivity contribution in [1.29, 1.82) is 0 Å². The summed E-state index contributed by atoms with van der Waals surface area (Å²) >= 11 is 44.4. The lowest BCUT2D eigenvalue weighted by Crippen LogP contribution is -2.22. The summed E-state index contributed by atoms with van der Waals surface area (Å²) in [5.74, 6) is -2.83. The minimum Gasteiger partial charge on any atom is -0.478 e. The number of carbonyl (C=O) groups excluding carboxylic acids is 1. The molecule has 1 amide bonds. The first-order valence-corrected chi connectivity index (χ1v) is 18.1. The Morgan fingerprint density at radius 3 is 1.47 bits per heavy atom. The summed E-state index contributed by atoms with van der Waals surface area (Å²) in [6.45, 7) is 0. The number of aromatic carboxylic acids is 2. The number of fused-ring (bicyclic) bond motifs is 2. The maximum absolute atomic E-state index is 11.2. The molecule has 0 spiro atoms. The number of nitrogens with zero attached hydrogens (tertiary/aromatic N) is 7. The molecule has 7 aromatic rings. The lowest BCUT2D eigenvalue weighted by molar-refractivity contribution is 0.0686. The van der Waals surface area contributed by atoms with Crippen molar-refractivity contribution >= 4 is 144 Å². The molecular formula is C32H20Cl8N12O7. The molecule has 7 rings (SSSR count). The highest BCUT2D eigenvalue weighted by molar-refractivity contribution is 6.36.